The second-order valence-corrected chi connectivity index (χ2v) is 7.75. The number of carbonyl (C=O) groups excluding carboxylic acids is 2. The molecular formula is C20H25NO3. The van der Waals surface area contributed by atoms with Crippen molar-refractivity contribution in [1.29, 1.82) is 0 Å². The number of amides is 1. The van der Waals surface area contributed by atoms with Gasteiger partial charge in [0.15, 0.2) is 5.78 Å². The average Bonchev–Trinajstić information content (AvgIpc) is 2.50. The second kappa shape index (κ2) is 6.42. The fraction of sp³-hybridized carbons (Fsp3) is 0.500. The van der Waals surface area contributed by atoms with Gasteiger partial charge in [-0.05, 0) is 35.8 Å². The SMILES string of the molecule is CC1(C)CC(=O)C(CC(=O)N[C@@H]2CCCc3ccccc32)=C(O)C1. The summed E-state index contributed by atoms with van der Waals surface area (Å²) in [4.78, 5) is 24.7. The molecule has 4 heteroatoms. The van der Waals surface area contributed by atoms with Crippen molar-refractivity contribution in [2.75, 3.05) is 0 Å². The molecule has 2 aliphatic carbocycles. The molecule has 3 rings (SSSR count). The molecule has 24 heavy (non-hydrogen) atoms. The molecular weight excluding hydrogens is 302 g/mol. The van der Waals surface area contributed by atoms with Crippen molar-refractivity contribution in [3.8, 4) is 0 Å². The lowest BCUT2D eigenvalue weighted by Crippen LogP contribution is -2.33. The van der Waals surface area contributed by atoms with Gasteiger partial charge in [-0.2, -0.15) is 0 Å². The van der Waals surface area contributed by atoms with E-state index in [9.17, 15) is 14.7 Å². The highest BCUT2D eigenvalue weighted by Crippen LogP contribution is 2.37. The van der Waals surface area contributed by atoms with Crippen LogP contribution in [0.5, 0.6) is 0 Å². The van der Waals surface area contributed by atoms with Gasteiger partial charge in [0.25, 0.3) is 0 Å². The maximum absolute atomic E-state index is 12.4. The number of rotatable bonds is 3. The Bertz CT molecular complexity index is 703. The van der Waals surface area contributed by atoms with E-state index in [0.29, 0.717) is 12.8 Å². The number of aliphatic hydroxyl groups is 1. The molecule has 0 saturated carbocycles. The third-order valence-corrected chi connectivity index (χ3v) is 5.01. The lowest BCUT2D eigenvalue weighted by atomic mass is 9.76. The topological polar surface area (TPSA) is 66.4 Å². The van der Waals surface area contributed by atoms with Gasteiger partial charge in [-0.25, -0.2) is 0 Å². The molecule has 0 saturated heterocycles. The first-order valence-corrected chi connectivity index (χ1v) is 8.67. The second-order valence-electron chi connectivity index (χ2n) is 7.75. The van der Waals surface area contributed by atoms with E-state index in [4.69, 9.17) is 0 Å². The summed E-state index contributed by atoms with van der Waals surface area (Å²) >= 11 is 0. The number of Topliss-reactive ketones (excluding diaryl/α,β-unsaturated/α-hetero) is 1. The summed E-state index contributed by atoms with van der Waals surface area (Å²) in [6.45, 7) is 3.91. The van der Waals surface area contributed by atoms with Crippen LogP contribution in [-0.2, 0) is 16.0 Å². The maximum Gasteiger partial charge on any atom is 0.225 e. The van der Waals surface area contributed by atoms with Crippen molar-refractivity contribution in [2.24, 2.45) is 5.41 Å². The highest BCUT2D eigenvalue weighted by molar-refractivity contribution is 6.01. The van der Waals surface area contributed by atoms with Crippen LogP contribution in [0.1, 0.15) is 63.1 Å². The number of aryl methyl sites for hydroxylation is 1. The van der Waals surface area contributed by atoms with E-state index in [1.54, 1.807) is 0 Å². The lowest BCUT2D eigenvalue weighted by Gasteiger charge is -2.30. The van der Waals surface area contributed by atoms with Crippen LogP contribution in [0.15, 0.2) is 35.6 Å². The van der Waals surface area contributed by atoms with E-state index in [1.807, 2.05) is 26.0 Å². The standard InChI is InChI=1S/C20H25NO3/c1-20(2)11-17(22)15(18(23)12-20)10-19(24)21-16-9-5-7-13-6-3-4-8-14(13)16/h3-4,6,8,16,22H,5,7,9-12H2,1-2H3,(H,21,24)/t16-/m1/s1. The molecule has 0 aromatic heterocycles. The molecule has 0 spiro atoms. The number of aliphatic hydroxyl groups excluding tert-OH is 1. The molecule has 0 aliphatic heterocycles. The number of allylic oxidation sites excluding steroid dienone is 1. The molecule has 2 aliphatic rings. The third kappa shape index (κ3) is 3.53. The Balaban J connectivity index is 1.70. The van der Waals surface area contributed by atoms with E-state index in [1.165, 1.54) is 11.1 Å². The number of benzene rings is 1. The third-order valence-electron chi connectivity index (χ3n) is 5.01. The Morgan fingerprint density at radius 3 is 2.79 bits per heavy atom. The van der Waals surface area contributed by atoms with Crippen LogP contribution >= 0.6 is 0 Å². The Hall–Kier alpha value is -2.10. The summed E-state index contributed by atoms with van der Waals surface area (Å²) in [5.74, 6) is -0.218. The van der Waals surface area contributed by atoms with Crippen LogP contribution in [0.25, 0.3) is 0 Å². The predicted molar refractivity (Wildman–Crippen MR) is 92.6 cm³/mol. The fourth-order valence-corrected chi connectivity index (χ4v) is 3.84. The van der Waals surface area contributed by atoms with E-state index >= 15 is 0 Å². The molecule has 1 aromatic carbocycles. The summed E-state index contributed by atoms with van der Waals surface area (Å²) in [5, 5.41) is 13.2. The normalized spacial score (nSPS) is 22.9. The monoisotopic (exact) mass is 327 g/mol. The Morgan fingerprint density at radius 2 is 2.04 bits per heavy atom. The molecule has 4 nitrogen and oxygen atoms in total. The molecule has 0 unspecified atom stereocenters. The number of nitrogens with one attached hydrogen (secondary N) is 1. The van der Waals surface area contributed by atoms with Crippen LogP contribution in [0.2, 0.25) is 0 Å². The van der Waals surface area contributed by atoms with E-state index in [-0.39, 0.29) is 40.9 Å². The molecule has 1 atom stereocenters. The first-order chi connectivity index (χ1) is 11.4. The Kier molecular flexibility index (Phi) is 4.48. The van der Waals surface area contributed by atoms with E-state index in [0.717, 1.165) is 19.3 Å². The molecule has 0 fully saturated rings. The predicted octanol–water partition coefficient (Wildman–Crippen LogP) is 3.77. The fourth-order valence-electron chi connectivity index (χ4n) is 3.84. The van der Waals surface area contributed by atoms with Gasteiger partial charge in [0.05, 0.1) is 12.5 Å². The van der Waals surface area contributed by atoms with Crippen molar-refractivity contribution in [2.45, 2.75) is 58.4 Å². The maximum atomic E-state index is 12.4. The quantitative estimate of drug-likeness (QED) is 0.888. The zero-order valence-corrected chi connectivity index (χ0v) is 14.4. The smallest absolute Gasteiger partial charge is 0.225 e. The largest absolute Gasteiger partial charge is 0.512 e. The molecule has 128 valence electrons. The van der Waals surface area contributed by atoms with Crippen LogP contribution in [0, 0.1) is 5.41 Å². The number of carbonyl (C=O) groups is 2. The van der Waals surface area contributed by atoms with E-state index in [2.05, 4.69) is 17.4 Å². The van der Waals surface area contributed by atoms with Gasteiger partial charge >= 0.3 is 0 Å². The number of ketones is 1. The Morgan fingerprint density at radius 1 is 1.29 bits per heavy atom. The minimum Gasteiger partial charge on any atom is -0.512 e. The van der Waals surface area contributed by atoms with Gasteiger partial charge in [-0.1, -0.05) is 38.1 Å². The minimum absolute atomic E-state index is 0.000302. The first kappa shape index (κ1) is 16.7. The van der Waals surface area contributed by atoms with Gasteiger partial charge in [0.2, 0.25) is 5.91 Å². The molecule has 0 radical (unpaired) electrons. The number of hydrogen-bond donors (Lipinski definition) is 2. The zero-order valence-electron chi connectivity index (χ0n) is 14.4. The van der Waals surface area contributed by atoms with Crippen LogP contribution in [0.4, 0.5) is 0 Å². The van der Waals surface area contributed by atoms with Crippen molar-refractivity contribution in [1.82, 2.24) is 5.32 Å². The highest BCUT2D eigenvalue weighted by Gasteiger charge is 2.34. The van der Waals surface area contributed by atoms with Crippen LogP contribution in [-0.4, -0.2) is 16.8 Å². The van der Waals surface area contributed by atoms with Crippen molar-refractivity contribution in [3.05, 3.63) is 46.7 Å². The van der Waals surface area contributed by atoms with Crippen LogP contribution < -0.4 is 5.32 Å². The summed E-state index contributed by atoms with van der Waals surface area (Å²) in [7, 11) is 0. The molecule has 1 aromatic rings. The number of fused-ring (bicyclic) bond motifs is 1. The van der Waals surface area contributed by atoms with Gasteiger partial charge in [0, 0.05) is 18.4 Å². The highest BCUT2D eigenvalue weighted by atomic mass is 16.3. The molecule has 2 N–H and O–H groups in total. The summed E-state index contributed by atoms with van der Waals surface area (Å²) in [5.41, 5.74) is 2.51. The first-order valence-electron chi connectivity index (χ1n) is 8.67. The van der Waals surface area contributed by atoms with Gasteiger partial charge in [0.1, 0.15) is 5.76 Å². The van der Waals surface area contributed by atoms with Gasteiger partial charge < -0.3 is 10.4 Å². The number of hydrogen-bond acceptors (Lipinski definition) is 3. The average molecular weight is 327 g/mol. The Labute approximate surface area is 143 Å². The summed E-state index contributed by atoms with van der Waals surface area (Å²) < 4.78 is 0. The summed E-state index contributed by atoms with van der Waals surface area (Å²) in [6.07, 6.45) is 3.80. The molecule has 0 heterocycles. The molecule has 1 amide bonds. The van der Waals surface area contributed by atoms with Crippen molar-refractivity contribution in [3.63, 3.8) is 0 Å². The van der Waals surface area contributed by atoms with Crippen molar-refractivity contribution < 1.29 is 14.7 Å². The van der Waals surface area contributed by atoms with Crippen LogP contribution in [0.3, 0.4) is 0 Å². The molecule has 0 bridgehead atoms. The van der Waals surface area contributed by atoms with Crippen molar-refractivity contribution >= 4 is 11.7 Å². The summed E-state index contributed by atoms with van der Waals surface area (Å²) in [6, 6.07) is 8.18. The van der Waals surface area contributed by atoms with Gasteiger partial charge in [-0.15, -0.1) is 0 Å². The zero-order chi connectivity index (χ0) is 17.3. The van der Waals surface area contributed by atoms with Gasteiger partial charge in [-0.3, -0.25) is 9.59 Å². The lowest BCUT2D eigenvalue weighted by molar-refractivity contribution is -0.124. The van der Waals surface area contributed by atoms with E-state index < -0.39 is 0 Å². The minimum atomic E-state index is -0.233.